The van der Waals surface area contributed by atoms with E-state index in [1.807, 2.05) is 30.3 Å². The molecule has 6 nitrogen and oxygen atoms in total. The molecule has 1 fully saturated rings. The molecule has 6 heteroatoms. The number of carbonyl (C=O) groups excluding carboxylic acids is 1. The summed E-state index contributed by atoms with van der Waals surface area (Å²) in [4.78, 5) is 13.4. The summed E-state index contributed by atoms with van der Waals surface area (Å²) in [6.07, 6.45) is 0.991. The van der Waals surface area contributed by atoms with Crippen LogP contribution in [0.5, 0.6) is 0 Å². The lowest BCUT2D eigenvalue weighted by molar-refractivity contribution is 0.0617. The van der Waals surface area contributed by atoms with Gasteiger partial charge in [0, 0.05) is 13.1 Å². The van der Waals surface area contributed by atoms with Gasteiger partial charge in [-0.2, -0.15) is 0 Å². The van der Waals surface area contributed by atoms with Crippen LogP contribution in [0.2, 0.25) is 0 Å². The maximum absolute atomic E-state index is 11.8. The smallest absolute Gasteiger partial charge is 0.410 e. The first-order valence-corrected chi connectivity index (χ1v) is 6.04. The van der Waals surface area contributed by atoms with Gasteiger partial charge in [0.2, 0.25) is 12.3 Å². The second kappa shape index (κ2) is 5.09. The summed E-state index contributed by atoms with van der Waals surface area (Å²) in [5.74, 6) is 0.707. The van der Waals surface area contributed by atoms with Crippen LogP contribution >= 0.6 is 0 Å². The van der Waals surface area contributed by atoms with Gasteiger partial charge < -0.3 is 14.1 Å². The van der Waals surface area contributed by atoms with Gasteiger partial charge in [-0.3, -0.25) is 0 Å². The molecule has 0 radical (unpaired) electrons. The van der Waals surface area contributed by atoms with Gasteiger partial charge in [-0.15, -0.1) is 10.2 Å². The zero-order valence-corrected chi connectivity index (χ0v) is 10.2. The number of benzene rings is 1. The molecule has 0 N–H and O–H groups in total. The molecular weight excluding hydrogens is 246 g/mol. The van der Waals surface area contributed by atoms with E-state index in [0.717, 1.165) is 5.56 Å². The fraction of sp³-hybridized carbons (Fsp3) is 0.308. The van der Waals surface area contributed by atoms with Gasteiger partial charge >= 0.3 is 6.09 Å². The van der Waals surface area contributed by atoms with E-state index in [-0.39, 0.29) is 12.0 Å². The van der Waals surface area contributed by atoms with Gasteiger partial charge in [-0.25, -0.2) is 4.79 Å². The number of likely N-dealkylation sites (tertiary alicyclic amines) is 1. The third-order valence-corrected chi connectivity index (χ3v) is 3.07. The highest BCUT2D eigenvalue weighted by molar-refractivity contribution is 5.69. The minimum Gasteiger partial charge on any atom is -0.445 e. The number of rotatable bonds is 3. The largest absolute Gasteiger partial charge is 0.445 e. The molecule has 0 bridgehead atoms. The molecule has 1 aliphatic rings. The zero-order chi connectivity index (χ0) is 13.1. The van der Waals surface area contributed by atoms with Gasteiger partial charge in [0.15, 0.2) is 0 Å². The molecule has 0 spiro atoms. The van der Waals surface area contributed by atoms with Crippen LogP contribution in [-0.4, -0.2) is 34.3 Å². The van der Waals surface area contributed by atoms with Crippen LogP contribution in [0.1, 0.15) is 17.4 Å². The summed E-state index contributed by atoms with van der Waals surface area (Å²) in [6.45, 7) is 1.42. The number of ether oxygens (including phenoxy) is 1. The Kier molecular flexibility index (Phi) is 3.14. The maximum Gasteiger partial charge on any atom is 0.410 e. The van der Waals surface area contributed by atoms with E-state index in [9.17, 15) is 4.79 Å². The molecule has 2 aromatic rings. The predicted octanol–water partition coefficient (Wildman–Crippen LogP) is 1.81. The van der Waals surface area contributed by atoms with Crippen molar-refractivity contribution in [3.05, 3.63) is 48.2 Å². The van der Waals surface area contributed by atoms with Crippen molar-refractivity contribution in [2.45, 2.75) is 12.5 Å². The Balaban J connectivity index is 1.46. The molecule has 0 atom stereocenters. The Morgan fingerprint density at radius 2 is 2.16 bits per heavy atom. The average molecular weight is 259 g/mol. The van der Waals surface area contributed by atoms with Crippen molar-refractivity contribution in [3.8, 4) is 0 Å². The minimum atomic E-state index is -0.306. The van der Waals surface area contributed by atoms with Crippen molar-refractivity contribution in [1.29, 1.82) is 0 Å². The van der Waals surface area contributed by atoms with Crippen molar-refractivity contribution >= 4 is 6.09 Å². The molecule has 1 saturated heterocycles. The van der Waals surface area contributed by atoms with Crippen LogP contribution in [0.4, 0.5) is 4.79 Å². The summed E-state index contributed by atoms with van der Waals surface area (Å²) < 4.78 is 10.3. The lowest BCUT2D eigenvalue weighted by Crippen LogP contribution is -2.48. The van der Waals surface area contributed by atoms with E-state index < -0.39 is 0 Å². The number of hydrogen-bond acceptors (Lipinski definition) is 5. The van der Waals surface area contributed by atoms with Crippen molar-refractivity contribution in [2.75, 3.05) is 13.1 Å². The summed E-state index contributed by atoms with van der Waals surface area (Å²) in [7, 11) is 0. The molecular formula is C13H13N3O3. The van der Waals surface area contributed by atoms with Crippen LogP contribution in [0.3, 0.4) is 0 Å². The summed E-state index contributed by atoms with van der Waals surface area (Å²) >= 11 is 0. The summed E-state index contributed by atoms with van der Waals surface area (Å²) in [5.41, 5.74) is 0.977. The Bertz CT molecular complexity index is 536. The van der Waals surface area contributed by atoms with Crippen molar-refractivity contribution in [1.82, 2.24) is 15.1 Å². The lowest BCUT2D eigenvalue weighted by atomic mass is 10.0. The molecule has 19 heavy (non-hydrogen) atoms. The maximum atomic E-state index is 11.8. The molecule has 1 aliphatic heterocycles. The van der Waals surface area contributed by atoms with Crippen molar-refractivity contribution < 1.29 is 13.9 Å². The number of carbonyl (C=O) groups is 1. The Morgan fingerprint density at radius 1 is 1.37 bits per heavy atom. The van der Waals surface area contributed by atoms with Crippen molar-refractivity contribution in [2.24, 2.45) is 0 Å². The SMILES string of the molecule is O=C(OCc1ccccc1)N1CC(c2nnco2)C1. The Morgan fingerprint density at radius 3 is 2.84 bits per heavy atom. The number of hydrogen-bond donors (Lipinski definition) is 0. The highest BCUT2D eigenvalue weighted by atomic mass is 16.6. The fourth-order valence-electron chi connectivity index (χ4n) is 1.95. The molecule has 3 rings (SSSR count). The van der Waals surface area contributed by atoms with E-state index in [1.165, 1.54) is 6.39 Å². The third-order valence-electron chi connectivity index (χ3n) is 3.07. The van der Waals surface area contributed by atoms with Crippen LogP contribution in [0.15, 0.2) is 41.1 Å². The molecule has 1 aromatic carbocycles. The molecule has 1 aromatic heterocycles. The Labute approximate surface area is 110 Å². The molecule has 98 valence electrons. The first kappa shape index (κ1) is 11.7. The zero-order valence-electron chi connectivity index (χ0n) is 10.2. The first-order chi connectivity index (χ1) is 9.33. The van der Waals surface area contributed by atoms with E-state index in [1.54, 1.807) is 4.90 Å². The van der Waals surface area contributed by atoms with Gasteiger partial charge in [-0.05, 0) is 5.56 Å². The van der Waals surface area contributed by atoms with Gasteiger partial charge in [0.1, 0.15) is 6.61 Å². The molecule has 2 heterocycles. The van der Waals surface area contributed by atoms with Crippen LogP contribution < -0.4 is 0 Å². The minimum absolute atomic E-state index is 0.131. The quantitative estimate of drug-likeness (QED) is 0.840. The van der Waals surface area contributed by atoms with Gasteiger partial charge in [0.25, 0.3) is 0 Å². The normalized spacial score (nSPS) is 15.1. The Hall–Kier alpha value is -2.37. The predicted molar refractivity (Wildman–Crippen MR) is 65.2 cm³/mol. The molecule has 0 saturated carbocycles. The molecule has 1 amide bonds. The lowest BCUT2D eigenvalue weighted by Gasteiger charge is -2.36. The van der Waals surface area contributed by atoms with Gasteiger partial charge in [-0.1, -0.05) is 30.3 Å². The van der Waals surface area contributed by atoms with E-state index >= 15 is 0 Å². The van der Waals surface area contributed by atoms with E-state index in [0.29, 0.717) is 25.6 Å². The summed E-state index contributed by atoms with van der Waals surface area (Å²) in [6, 6.07) is 9.60. The topological polar surface area (TPSA) is 68.5 Å². The number of nitrogens with zero attached hydrogens (tertiary/aromatic N) is 3. The second-order valence-corrected chi connectivity index (χ2v) is 4.42. The number of aromatic nitrogens is 2. The highest BCUT2D eigenvalue weighted by Crippen LogP contribution is 2.25. The molecule has 0 aliphatic carbocycles. The highest BCUT2D eigenvalue weighted by Gasteiger charge is 2.35. The van der Waals surface area contributed by atoms with Crippen LogP contribution in [-0.2, 0) is 11.3 Å². The second-order valence-electron chi connectivity index (χ2n) is 4.42. The van der Waals surface area contributed by atoms with Crippen LogP contribution in [0, 0.1) is 0 Å². The van der Waals surface area contributed by atoms with Crippen LogP contribution in [0.25, 0.3) is 0 Å². The fourth-order valence-corrected chi connectivity index (χ4v) is 1.95. The molecule has 0 unspecified atom stereocenters. The average Bonchev–Trinajstić information content (AvgIpc) is 2.90. The standard InChI is InChI=1S/C13H13N3O3/c17-13(18-8-10-4-2-1-3-5-10)16-6-11(7-16)12-15-14-9-19-12/h1-5,9,11H,6-8H2. The van der Waals surface area contributed by atoms with E-state index in [4.69, 9.17) is 9.15 Å². The first-order valence-electron chi connectivity index (χ1n) is 6.04. The van der Waals surface area contributed by atoms with Gasteiger partial charge in [0.05, 0.1) is 5.92 Å². The van der Waals surface area contributed by atoms with Crippen molar-refractivity contribution in [3.63, 3.8) is 0 Å². The van der Waals surface area contributed by atoms with E-state index in [2.05, 4.69) is 10.2 Å². The number of amides is 1. The monoisotopic (exact) mass is 259 g/mol. The summed E-state index contributed by atoms with van der Waals surface area (Å²) in [5, 5.41) is 7.45. The third kappa shape index (κ3) is 2.57.